The first-order chi connectivity index (χ1) is 17.5. The number of carbonyl (C=O) groups excluding carboxylic acids is 1. The number of hydrogen-bond donors (Lipinski definition) is 3. The largest absolute Gasteiger partial charge is 0.573 e. The minimum atomic E-state index is -4.92. The summed E-state index contributed by atoms with van der Waals surface area (Å²) < 4.78 is 58.2. The molecule has 1 amide bonds. The number of fused-ring (bicyclic) bond motifs is 1. The maximum atomic E-state index is 13.4. The van der Waals surface area contributed by atoms with Crippen LogP contribution in [0.2, 0.25) is 0 Å². The zero-order valence-electron chi connectivity index (χ0n) is 19.6. The van der Waals surface area contributed by atoms with E-state index in [1.54, 1.807) is 31.2 Å². The zero-order chi connectivity index (χ0) is 26.7. The molecule has 37 heavy (non-hydrogen) atoms. The number of aliphatic hydroxyl groups excluding tert-OH is 1. The number of halogens is 3. The van der Waals surface area contributed by atoms with Gasteiger partial charge < -0.3 is 34.3 Å². The van der Waals surface area contributed by atoms with Gasteiger partial charge in [-0.15, -0.1) is 13.2 Å². The van der Waals surface area contributed by atoms with Gasteiger partial charge in [0.15, 0.2) is 30.2 Å². The number of epoxide rings is 1. The number of rotatable bonds is 9. The number of nitrogens with zero attached hydrogens (tertiary/aromatic N) is 2. The van der Waals surface area contributed by atoms with Crippen LogP contribution < -0.4 is 20.4 Å². The number of ether oxygens (including phenoxy) is 4. The summed E-state index contributed by atoms with van der Waals surface area (Å²) in [5.74, 6) is -1.10. The second kappa shape index (κ2) is 11.0. The third kappa shape index (κ3) is 6.72. The van der Waals surface area contributed by atoms with Gasteiger partial charge in [0, 0.05) is 11.3 Å². The molecule has 0 saturated carbocycles. The van der Waals surface area contributed by atoms with Gasteiger partial charge in [-0.05, 0) is 56.4 Å². The van der Waals surface area contributed by atoms with E-state index in [0.717, 1.165) is 12.1 Å². The smallest absolute Gasteiger partial charge is 0.406 e. The Balaban J connectivity index is 1.55. The van der Waals surface area contributed by atoms with Crippen molar-refractivity contribution in [2.45, 2.75) is 44.9 Å². The van der Waals surface area contributed by atoms with Gasteiger partial charge in [0.05, 0.1) is 11.7 Å². The highest BCUT2D eigenvalue weighted by molar-refractivity contribution is 7.80. The predicted octanol–water partition coefficient (Wildman–Crippen LogP) is 3.06. The number of amides is 1. The Morgan fingerprint density at radius 2 is 1.97 bits per heavy atom. The molecule has 0 bridgehead atoms. The van der Waals surface area contributed by atoms with Crippen molar-refractivity contribution >= 4 is 40.3 Å². The average molecular weight is 541 g/mol. The van der Waals surface area contributed by atoms with Crippen LogP contribution in [0.3, 0.4) is 0 Å². The van der Waals surface area contributed by atoms with E-state index in [1.165, 1.54) is 17.9 Å². The molecule has 4 unspecified atom stereocenters. The number of para-hydroxylation sites is 1. The van der Waals surface area contributed by atoms with Gasteiger partial charge in [-0.3, -0.25) is 10.2 Å². The molecule has 0 radical (unpaired) electrons. The summed E-state index contributed by atoms with van der Waals surface area (Å²) in [5, 5.41) is 16.2. The molecule has 4 rings (SSSR count). The highest BCUT2D eigenvalue weighted by Crippen LogP contribution is 2.39. The zero-order valence-corrected chi connectivity index (χ0v) is 20.4. The molecule has 10 nitrogen and oxygen atoms in total. The molecule has 1 saturated heterocycles. The molecule has 0 aromatic heterocycles. The second-order valence-corrected chi connectivity index (χ2v) is 8.46. The lowest BCUT2D eigenvalue weighted by atomic mass is 10.1. The summed E-state index contributed by atoms with van der Waals surface area (Å²) in [7, 11) is 0. The molecule has 0 spiro atoms. The minimum absolute atomic E-state index is 0.0688. The van der Waals surface area contributed by atoms with Crippen LogP contribution in [0.5, 0.6) is 5.75 Å². The molecule has 2 aliphatic heterocycles. The van der Waals surface area contributed by atoms with Crippen molar-refractivity contribution in [1.29, 1.82) is 0 Å². The van der Waals surface area contributed by atoms with Gasteiger partial charge >= 0.3 is 6.36 Å². The number of anilines is 2. The third-order valence-corrected chi connectivity index (χ3v) is 5.54. The van der Waals surface area contributed by atoms with Gasteiger partial charge in [-0.2, -0.15) is 5.10 Å². The normalized spacial score (nSPS) is 21.4. The molecule has 2 heterocycles. The summed E-state index contributed by atoms with van der Waals surface area (Å²) in [4.78, 5) is 14.7. The number of hydrogen-bond acceptors (Lipinski definition) is 8. The maximum Gasteiger partial charge on any atom is 0.573 e. The van der Waals surface area contributed by atoms with Crippen molar-refractivity contribution in [2.24, 2.45) is 5.10 Å². The topological polar surface area (TPSA) is 117 Å². The van der Waals surface area contributed by atoms with E-state index >= 15 is 0 Å². The summed E-state index contributed by atoms with van der Waals surface area (Å²) in [6.07, 6.45) is -7.18. The van der Waals surface area contributed by atoms with Crippen LogP contribution in [-0.4, -0.2) is 59.7 Å². The highest BCUT2D eigenvalue weighted by atomic mass is 32.1. The van der Waals surface area contributed by atoms with E-state index in [4.69, 9.17) is 31.5 Å². The molecule has 2 aromatic rings. The molecular weight excluding hydrogens is 517 g/mol. The lowest BCUT2D eigenvalue weighted by Crippen LogP contribution is -2.42. The molecule has 4 atom stereocenters. The first-order valence-corrected chi connectivity index (χ1v) is 11.4. The quantitative estimate of drug-likeness (QED) is 0.191. The molecule has 2 aliphatic rings. The van der Waals surface area contributed by atoms with Crippen LogP contribution in [-0.2, 0) is 19.0 Å². The monoisotopic (exact) mass is 540 g/mol. The van der Waals surface area contributed by atoms with Crippen molar-refractivity contribution in [3.63, 3.8) is 0 Å². The van der Waals surface area contributed by atoms with Crippen molar-refractivity contribution in [2.75, 3.05) is 17.0 Å². The Kier molecular flexibility index (Phi) is 7.94. The number of thiocarbonyl (C=S) groups is 1. The predicted molar refractivity (Wildman–Crippen MR) is 130 cm³/mol. The molecule has 14 heteroatoms. The third-order valence-electron chi connectivity index (χ3n) is 5.35. The highest BCUT2D eigenvalue weighted by Gasteiger charge is 2.51. The Morgan fingerprint density at radius 1 is 1.24 bits per heavy atom. The lowest BCUT2D eigenvalue weighted by molar-refractivity contribution is -0.274. The SMILES string of the molecule is CC(O)OCOC1OC1C(C)N1C(=O)/C(=N\NC(=S)Nc2ccccc2)c2cc(OC(F)(F)F)ccc21. The van der Waals surface area contributed by atoms with E-state index in [2.05, 4.69) is 20.6 Å². The standard InChI is InChI=1S/C23H23F3N4O6S/c1-12(19-21(35-19)34-11-33-13(2)31)30-17-9-8-15(36-23(24,25)26)10-16(17)18(20(30)32)28-29-22(37)27-14-6-4-3-5-7-14/h3-10,12-13,19,21,31H,11H2,1-2H3,(H2,27,29,37)/b28-18-. The first kappa shape index (κ1) is 26.8. The number of benzene rings is 2. The summed E-state index contributed by atoms with van der Waals surface area (Å²) in [5.41, 5.74) is 3.50. The van der Waals surface area contributed by atoms with Gasteiger partial charge in [-0.1, -0.05) is 18.2 Å². The summed E-state index contributed by atoms with van der Waals surface area (Å²) in [6.45, 7) is 2.89. The van der Waals surface area contributed by atoms with Crippen LogP contribution in [0.25, 0.3) is 0 Å². The molecular formula is C23H23F3N4O6S. The number of nitrogens with one attached hydrogen (secondary N) is 2. The number of hydrazone groups is 1. The summed E-state index contributed by atoms with van der Waals surface area (Å²) in [6, 6.07) is 11.9. The Hall–Kier alpha value is -3.30. The molecule has 2 aromatic carbocycles. The Labute approximate surface area is 214 Å². The Bertz CT molecular complexity index is 1180. The number of aliphatic hydroxyl groups is 1. The number of alkyl halides is 3. The fourth-order valence-corrected chi connectivity index (χ4v) is 3.85. The van der Waals surface area contributed by atoms with E-state index < -0.39 is 42.7 Å². The summed E-state index contributed by atoms with van der Waals surface area (Å²) >= 11 is 5.22. The molecule has 1 fully saturated rings. The van der Waals surface area contributed by atoms with Crippen molar-refractivity contribution in [3.05, 3.63) is 54.1 Å². The van der Waals surface area contributed by atoms with Crippen LogP contribution in [0.15, 0.2) is 53.6 Å². The molecule has 0 aliphatic carbocycles. The fourth-order valence-electron chi connectivity index (χ4n) is 3.69. The molecule has 3 N–H and O–H groups in total. The van der Waals surface area contributed by atoms with Gasteiger partial charge in [0.2, 0.25) is 0 Å². The van der Waals surface area contributed by atoms with Crippen LogP contribution >= 0.6 is 12.2 Å². The van der Waals surface area contributed by atoms with E-state index in [-0.39, 0.29) is 23.2 Å². The average Bonchev–Trinajstić information content (AvgIpc) is 3.53. The second-order valence-electron chi connectivity index (χ2n) is 8.05. The van der Waals surface area contributed by atoms with Gasteiger partial charge in [0.25, 0.3) is 5.91 Å². The lowest BCUT2D eigenvalue weighted by Gasteiger charge is -2.23. The first-order valence-electron chi connectivity index (χ1n) is 11.0. The van der Waals surface area contributed by atoms with Gasteiger partial charge in [0.1, 0.15) is 11.9 Å². The minimum Gasteiger partial charge on any atom is -0.406 e. The Morgan fingerprint density at radius 3 is 2.65 bits per heavy atom. The van der Waals surface area contributed by atoms with Crippen LogP contribution in [0, 0.1) is 0 Å². The fraction of sp³-hybridized carbons (Fsp3) is 0.348. The van der Waals surface area contributed by atoms with Crippen LogP contribution in [0.1, 0.15) is 19.4 Å². The van der Waals surface area contributed by atoms with Gasteiger partial charge in [-0.25, -0.2) is 0 Å². The van der Waals surface area contributed by atoms with Crippen LogP contribution in [0.4, 0.5) is 24.5 Å². The van der Waals surface area contributed by atoms with Crippen molar-refractivity contribution < 1.29 is 42.0 Å². The van der Waals surface area contributed by atoms with Crippen molar-refractivity contribution in [1.82, 2.24) is 5.43 Å². The van der Waals surface area contributed by atoms with E-state index in [1.807, 2.05) is 6.07 Å². The van der Waals surface area contributed by atoms with E-state index in [0.29, 0.717) is 11.4 Å². The molecule has 198 valence electrons. The van der Waals surface area contributed by atoms with Crippen molar-refractivity contribution in [3.8, 4) is 5.75 Å². The number of carbonyl (C=O) groups is 1. The maximum absolute atomic E-state index is 13.4. The van der Waals surface area contributed by atoms with E-state index in [9.17, 15) is 18.0 Å².